The van der Waals surface area contributed by atoms with Gasteiger partial charge in [0.25, 0.3) is 5.56 Å². The molecule has 0 amide bonds. The number of aryl methyl sites for hydroxylation is 1. The average molecular weight is 257 g/mol. The second-order valence-electron chi connectivity index (χ2n) is 4.47. The molecule has 0 unspecified atom stereocenters. The van der Waals surface area contributed by atoms with Crippen molar-refractivity contribution in [1.82, 2.24) is 14.2 Å². The van der Waals surface area contributed by atoms with E-state index in [1.807, 2.05) is 4.57 Å². The Morgan fingerprint density at radius 3 is 2.68 bits per heavy atom. The standard InChI is InChI=1S/C14H12FN3O/c1-10-8-17(9-11-2-4-12(15)5-3-11)13-6-7-16-18(13)14(10)19/h2-8H,9H2,1H3. The summed E-state index contributed by atoms with van der Waals surface area (Å²) >= 11 is 0. The summed E-state index contributed by atoms with van der Waals surface area (Å²) < 4.78 is 16.2. The number of nitrogens with zero attached hydrogens (tertiary/aromatic N) is 3. The lowest BCUT2D eigenvalue weighted by molar-refractivity contribution is 0.626. The molecule has 96 valence electrons. The van der Waals surface area contributed by atoms with Gasteiger partial charge in [-0.2, -0.15) is 9.61 Å². The fraction of sp³-hybridized carbons (Fsp3) is 0.143. The molecule has 1 aromatic carbocycles. The SMILES string of the molecule is Cc1cn(Cc2ccc(F)cc2)c2ccnn2c1=O. The number of fused-ring (bicyclic) bond motifs is 1. The third-order valence-electron chi connectivity index (χ3n) is 3.06. The molecule has 3 aromatic rings. The van der Waals surface area contributed by atoms with Crippen molar-refractivity contribution in [2.45, 2.75) is 13.5 Å². The van der Waals surface area contributed by atoms with Crippen LogP contribution < -0.4 is 5.56 Å². The van der Waals surface area contributed by atoms with Crippen LogP contribution in [0.15, 0.2) is 47.5 Å². The van der Waals surface area contributed by atoms with Gasteiger partial charge >= 0.3 is 0 Å². The zero-order valence-corrected chi connectivity index (χ0v) is 10.4. The number of aromatic nitrogens is 3. The molecule has 0 aliphatic heterocycles. The lowest BCUT2D eigenvalue weighted by atomic mass is 10.2. The Kier molecular flexibility index (Phi) is 2.67. The van der Waals surface area contributed by atoms with Crippen LogP contribution in [0.1, 0.15) is 11.1 Å². The van der Waals surface area contributed by atoms with Crippen molar-refractivity contribution >= 4 is 5.65 Å². The number of hydrogen-bond donors (Lipinski definition) is 0. The first kappa shape index (κ1) is 11.6. The maximum Gasteiger partial charge on any atom is 0.277 e. The largest absolute Gasteiger partial charge is 0.328 e. The molecule has 0 spiro atoms. The Labute approximate surface area is 108 Å². The smallest absolute Gasteiger partial charge is 0.277 e. The fourth-order valence-electron chi connectivity index (χ4n) is 2.11. The fourth-order valence-corrected chi connectivity index (χ4v) is 2.11. The zero-order valence-electron chi connectivity index (χ0n) is 10.4. The van der Waals surface area contributed by atoms with E-state index in [1.54, 1.807) is 37.5 Å². The van der Waals surface area contributed by atoms with E-state index in [4.69, 9.17) is 0 Å². The van der Waals surface area contributed by atoms with E-state index in [0.717, 1.165) is 11.2 Å². The Balaban J connectivity index is 2.10. The first-order valence-electron chi connectivity index (χ1n) is 5.93. The third-order valence-corrected chi connectivity index (χ3v) is 3.06. The summed E-state index contributed by atoms with van der Waals surface area (Å²) in [6, 6.07) is 8.10. The van der Waals surface area contributed by atoms with Crippen LogP contribution in [0.5, 0.6) is 0 Å². The molecule has 0 fully saturated rings. The van der Waals surface area contributed by atoms with E-state index in [9.17, 15) is 9.18 Å². The Morgan fingerprint density at radius 2 is 1.95 bits per heavy atom. The molecule has 19 heavy (non-hydrogen) atoms. The van der Waals surface area contributed by atoms with Gasteiger partial charge in [0.2, 0.25) is 0 Å². The van der Waals surface area contributed by atoms with Crippen molar-refractivity contribution in [3.05, 3.63) is 70.0 Å². The molecular formula is C14H12FN3O. The highest BCUT2D eigenvalue weighted by atomic mass is 19.1. The summed E-state index contributed by atoms with van der Waals surface area (Å²) in [5, 5.41) is 4.02. The molecule has 0 aliphatic carbocycles. The van der Waals surface area contributed by atoms with E-state index in [-0.39, 0.29) is 11.4 Å². The molecule has 4 nitrogen and oxygen atoms in total. The Hall–Kier alpha value is -2.43. The summed E-state index contributed by atoms with van der Waals surface area (Å²) in [6.07, 6.45) is 3.39. The van der Waals surface area contributed by atoms with Gasteiger partial charge in [-0.05, 0) is 24.6 Å². The number of benzene rings is 1. The van der Waals surface area contributed by atoms with Crippen LogP contribution in [-0.4, -0.2) is 14.2 Å². The van der Waals surface area contributed by atoms with Crippen molar-refractivity contribution in [2.75, 3.05) is 0 Å². The van der Waals surface area contributed by atoms with Gasteiger partial charge in [0.05, 0.1) is 6.20 Å². The minimum absolute atomic E-state index is 0.115. The van der Waals surface area contributed by atoms with E-state index >= 15 is 0 Å². The molecule has 3 rings (SSSR count). The van der Waals surface area contributed by atoms with Gasteiger partial charge in [0, 0.05) is 24.4 Å². The summed E-state index contributed by atoms with van der Waals surface area (Å²) in [4.78, 5) is 11.9. The molecule has 0 bridgehead atoms. The number of rotatable bonds is 2. The number of halogens is 1. The topological polar surface area (TPSA) is 39.3 Å². The molecule has 2 aromatic heterocycles. The van der Waals surface area contributed by atoms with E-state index in [2.05, 4.69) is 5.10 Å². The summed E-state index contributed by atoms with van der Waals surface area (Å²) in [6.45, 7) is 2.32. The zero-order chi connectivity index (χ0) is 13.4. The highest BCUT2D eigenvalue weighted by molar-refractivity contribution is 5.39. The summed E-state index contributed by atoms with van der Waals surface area (Å²) in [5.74, 6) is -0.255. The molecule has 0 N–H and O–H groups in total. The van der Waals surface area contributed by atoms with Gasteiger partial charge in [-0.25, -0.2) is 4.39 Å². The van der Waals surface area contributed by atoms with Crippen LogP contribution >= 0.6 is 0 Å². The van der Waals surface area contributed by atoms with Crippen molar-refractivity contribution in [1.29, 1.82) is 0 Å². The van der Waals surface area contributed by atoms with Crippen molar-refractivity contribution in [3.8, 4) is 0 Å². The second-order valence-corrected chi connectivity index (χ2v) is 4.47. The van der Waals surface area contributed by atoms with E-state index in [1.165, 1.54) is 16.6 Å². The van der Waals surface area contributed by atoms with E-state index < -0.39 is 0 Å². The van der Waals surface area contributed by atoms with Crippen LogP contribution in [0.25, 0.3) is 5.65 Å². The maximum absolute atomic E-state index is 12.9. The molecule has 0 radical (unpaired) electrons. The van der Waals surface area contributed by atoms with Gasteiger partial charge in [-0.3, -0.25) is 4.79 Å². The van der Waals surface area contributed by atoms with Crippen LogP contribution in [0, 0.1) is 12.7 Å². The predicted octanol–water partition coefficient (Wildman–Crippen LogP) is 1.99. The second kappa shape index (κ2) is 4.35. The summed E-state index contributed by atoms with van der Waals surface area (Å²) in [7, 11) is 0. The predicted molar refractivity (Wildman–Crippen MR) is 69.7 cm³/mol. The molecular weight excluding hydrogens is 245 g/mol. The molecule has 0 aliphatic rings. The van der Waals surface area contributed by atoms with Crippen LogP contribution in [-0.2, 0) is 6.54 Å². The number of hydrogen-bond acceptors (Lipinski definition) is 2. The van der Waals surface area contributed by atoms with Crippen LogP contribution in [0.3, 0.4) is 0 Å². The highest BCUT2D eigenvalue weighted by Gasteiger charge is 2.06. The first-order valence-corrected chi connectivity index (χ1v) is 5.93. The molecule has 0 saturated carbocycles. The summed E-state index contributed by atoms with van der Waals surface area (Å²) in [5.41, 5.74) is 2.20. The molecule has 0 saturated heterocycles. The Bertz CT molecular complexity index is 787. The Morgan fingerprint density at radius 1 is 1.21 bits per heavy atom. The molecule has 5 heteroatoms. The lowest BCUT2D eigenvalue weighted by Gasteiger charge is -2.10. The monoisotopic (exact) mass is 257 g/mol. The first-order chi connectivity index (χ1) is 9.15. The minimum atomic E-state index is -0.255. The van der Waals surface area contributed by atoms with Crippen molar-refractivity contribution < 1.29 is 4.39 Å². The van der Waals surface area contributed by atoms with Gasteiger partial charge in [0.1, 0.15) is 11.5 Å². The average Bonchev–Trinajstić information content (AvgIpc) is 2.88. The van der Waals surface area contributed by atoms with Crippen LogP contribution in [0.2, 0.25) is 0 Å². The van der Waals surface area contributed by atoms with E-state index in [0.29, 0.717) is 12.1 Å². The quantitative estimate of drug-likeness (QED) is 0.704. The third kappa shape index (κ3) is 2.03. The van der Waals surface area contributed by atoms with Gasteiger partial charge in [0.15, 0.2) is 0 Å². The maximum atomic E-state index is 12.9. The van der Waals surface area contributed by atoms with Gasteiger partial charge < -0.3 is 4.57 Å². The highest BCUT2D eigenvalue weighted by Crippen LogP contribution is 2.09. The van der Waals surface area contributed by atoms with Gasteiger partial charge in [-0.1, -0.05) is 12.1 Å². The molecule has 2 heterocycles. The normalized spacial score (nSPS) is 11.1. The van der Waals surface area contributed by atoms with Crippen molar-refractivity contribution in [3.63, 3.8) is 0 Å². The lowest BCUT2D eigenvalue weighted by Crippen LogP contribution is -2.21. The van der Waals surface area contributed by atoms with Crippen molar-refractivity contribution in [2.24, 2.45) is 0 Å². The molecule has 0 atom stereocenters. The van der Waals surface area contributed by atoms with Crippen LogP contribution in [0.4, 0.5) is 4.39 Å². The minimum Gasteiger partial charge on any atom is -0.328 e. The van der Waals surface area contributed by atoms with Gasteiger partial charge in [-0.15, -0.1) is 0 Å².